The van der Waals surface area contributed by atoms with Gasteiger partial charge in [-0.2, -0.15) is 4.98 Å². The Labute approximate surface area is 186 Å². The highest BCUT2D eigenvalue weighted by Crippen LogP contribution is 2.40. The molecule has 32 heavy (non-hydrogen) atoms. The minimum Gasteiger partial charge on any atom is -0.493 e. The van der Waals surface area contributed by atoms with Crippen molar-refractivity contribution in [2.24, 2.45) is 5.16 Å². The zero-order valence-electron chi connectivity index (χ0n) is 18.7. The van der Waals surface area contributed by atoms with Gasteiger partial charge in [-0.15, -0.1) is 0 Å². The first-order valence-electron chi connectivity index (χ1n) is 9.92. The van der Waals surface area contributed by atoms with E-state index in [9.17, 15) is 0 Å². The largest absolute Gasteiger partial charge is 0.493 e. The second-order valence-corrected chi connectivity index (χ2v) is 6.70. The number of benzene rings is 2. The number of nitrogens with one attached hydrogen (secondary N) is 1. The van der Waals surface area contributed by atoms with E-state index in [-0.39, 0.29) is 0 Å². The molecule has 0 aliphatic heterocycles. The Hall–Kier alpha value is -4.01. The number of nitrogens with zero attached hydrogens (tertiary/aromatic N) is 3. The number of ether oxygens (including phenoxy) is 4. The van der Waals surface area contributed by atoms with Crippen LogP contribution >= 0.6 is 0 Å². The third kappa shape index (κ3) is 4.83. The molecular formula is C23H26N4O5. The van der Waals surface area contributed by atoms with Crippen LogP contribution in [0.2, 0.25) is 0 Å². The highest BCUT2D eigenvalue weighted by Gasteiger charge is 2.15. The molecule has 0 amide bonds. The Morgan fingerprint density at radius 1 is 1.03 bits per heavy atom. The van der Waals surface area contributed by atoms with Crippen molar-refractivity contribution in [1.82, 2.24) is 9.97 Å². The zero-order chi connectivity index (χ0) is 23.1. The molecule has 3 rings (SSSR count). The first-order chi connectivity index (χ1) is 15.5. The number of hydrogen-bond donors (Lipinski definition) is 2. The fraction of sp³-hybridized carbons (Fsp3) is 0.261. The van der Waals surface area contributed by atoms with Gasteiger partial charge in [-0.3, -0.25) is 4.98 Å². The molecule has 0 saturated carbocycles. The van der Waals surface area contributed by atoms with E-state index < -0.39 is 0 Å². The van der Waals surface area contributed by atoms with Crippen LogP contribution in [0.4, 0.5) is 11.5 Å². The molecule has 0 radical (unpaired) electrons. The van der Waals surface area contributed by atoms with Crippen molar-refractivity contribution >= 4 is 17.2 Å². The molecule has 2 aromatic carbocycles. The summed E-state index contributed by atoms with van der Waals surface area (Å²) in [4.78, 5) is 8.72. The molecule has 0 aliphatic rings. The number of oxime groups is 1. The van der Waals surface area contributed by atoms with Crippen molar-refractivity contribution in [2.75, 3.05) is 26.6 Å². The van der Waals surface area contributed by atoms with Gasteiger partial charge in [0.1, 0.15) is 5.75 Å². The van der Waals surface area contributed by atoms with E-state index in [2.05, 4.69) is 20.4 Å². The standard InChI is InChI=1S/C23H26N4O5/c1-6-16-17(14(2)27-28)8-7-9-18(16)32-22-13-24-12-21(26-22)25-15-10-19(29-3)23(31-5)20(11-15)30-4/h7-13,28H,6H2,1-5H3,(H,25,26)/b27-14+. The third-order valence-corrected chi connectivity index (χ3v) is 4.79. The molecular weight excluding hydrogens is 412 g/mol. The molecule has 9 heteroatoms. The average molecular weight is 438 g/mol. The second kappa shape index (κ2) is 10.3. The summed E-state index contributed by atoms with van der Waals surface area (Å²) < 4.78 is 22.2. The van der Waals surface area contributed by atoms with E-state index in [4.69, 9.17) is 24.2 Å². The normalized spacial score (nSPS) is 11.1. The summed E-state index contributed by atoms with van der Waals surface area (Å²) in [6, 6.07) is 9.10. The Morgan fingerprint density at radius 2 is 1.75 bits per heavy atom. The Bertz CT molecular complexity index is 1090. The molecule has 2 N–H and O–H groups in total. The predicted octanol–water partition coefficient (Wildman–Crippen LogP) is 4.80. The number of methoxy groups -OCH3 is 3. The summed E-state index contributed by atoms with van der Waals surface area (Å²) in [6.07, 6.45) is 3.80. The maximum Gasteiger partial charge on any atom is 0.239 e. The summed E-state index contributed by atoms with van der Waals surface area (Å²) in [5.74, 6) is 2.93. The molecule has 168 valence electrons. The van der Waals surface area contributed by atoms with Gasteiger partial charge in [0.2, 0.25) is 11.6 Å². The van der Waals surface area contributed by atoms with Gasteiger partial charge >= 0.3 is 0 Å². The third-order valence-electron chi connectivity index (χ3n) is 4.79. The van der Waals surface area contributed by atoms with Crippen molar-refractivity contribution in [3.63, 3.8) is 0 Å². The molecule has 9 nitrogen and oxygen atoms in total. The second-order valence-electron chi connectivity index (χ2n) is 6.70. The number of anilines is 2. The maximum atomic E-state index is 9.16. The lowest BCUT2D eigenvalue weighted by molar-refractivity contribution is 0.319. The SMILES string of the molecule is CCc1c(Oc2cncc(Nc3cc(OC)c(OC)c(OC)c3)n2)cccc1/C(C)=N/O. The van der Waals surface area contributed by atoms with E-state index in [1.54, 1.807) is 46.6 Å². The van der Waals surface area contributed by atoms with Gasteiger partial charge in [-0.25, -0.2) is 0 Å². The van der Waals surface area contributed by atoms with E-state index in [1.165, 1.54) is 6.20 Å². The van der Waals surface area contributed by atoms with E-state index in [1.807, 2.05) is 25.1 Å². The highest BCUT2D eigenvalue weighted by atomic mass is 16.5. The van der Waals surface area contributed by atoms with Crippen LogP contribution in [0.15, 0.2) is 47.9 Å². The van der Waals surface area contributed by atoms with Crippen LogP contribution < -0.4 is 24.3 Å². The van der Waals surface area contributed by atoms with Gasteiger partial charge in [0, 0.05) is 28.9 Å². The van der Waals surface area contributed by atoms with Gasteiger partial charge in [-0.1, -0.05) is 24.2 Å². The number of hydrogen-bond acceptors (Lipinski definition) is 9. The fourth-order valence-electron chi connectivity index (χ4n) is 3.29. The van der Waals surface area contributed by atoms with E-state index in [0.717, 1.165) is 11.1 Å². The molecule has 0 atom stereocenters. The highest BCUT2D eigenvalue weighted by molar-refractivity contribution is 6.00. The molecule has 0 saturated heterocycles. The van der Waals surface area contributed by atoms with Crippen LogP contribution in [0.3, 0.4) is 0 Å². The Kier molecular flexibility index (Phi) is 7.33. The zero-order valence-corrected chi connectivity index (χ0v) is 18.7. The molecule has 0 unspecified atom stereocenters. The van der Waals surface area contributed by atoms with Gasteiger partial charge in [0.05, 0.1) is 39.4 Å². The van der Waals surface area contributed by atoms with Crippen molar-refractivity contribution < 1.29 is 24.2 Å². The Morgan fingerprint density at radius 3 is 2.34 bits per heavy atom. The Balaban J connectivity index is 1.89. The molecule has 0 bridgehead atoms. The number of aromatic nitrogens is 2. The predicted molar refractivity (Wildman–Crippen MR) is 121 cm³/mol. The van der Waals surface area contributed by atoms with Crippen molar-refractivity contribution in [3.8, 4) is 28.9 Å². The van der Waals surface area contributed by atoms with Crippen molar-refractivity contribution in [3.05, 3.63) is 53.9 Å². The lowest BCUT2D eigenvalue weighted by atomic mass is 10.0. The summed E-state index contributed by atoms with van der Waals surface area (Å²) in [5.41, 5.74) is 2.91. The lowest BCUT2D eigenvalue weighted by Gasteiger charge is -2.15. The van der Waals surface area contributed by atoms with Gasteiger partial charge < -0.3 is 29.5 Å². The lowest BCUT2D eigenvalue weighted by Crippen LogP contribution is -2.03. The quantitative estimate of drug-likeness (QED) is 0.279. The summed E-state index contributed by atoms with van der Waals surface area (Å²) in [5, 5.41) is 15.7. The van der Waals surface area contributed by atoms with Gasteiger partial charge in [0.25, 0.3) is 0 Å². The average Bonchev–Trinajstić information content (AvgIpc) is 2.82. The first kappa shape index (κ1) is 22.7. The van der Waals surface area contributed by atoms with Gasteiger partial charge in [0.15, 0.2) is 17.3 Å². The van der Waals surface area contributed by atoms with Crippen molar-refractivity contribution in [2.45, 2.75) is 20.3 Å². The number of rotatable bonds is 9. The van der Waals surface area contributed by atoms with Gasteiger partial charge in [-0.05, 0) is 19.4 Å². The minimum atomic E-state index is 0.313. The van der Waals surface area contributed by atoms with E-state index in [0.29, 0.717) is 52.5 Å². The van der Waals surface area contributed by atoms with Crippen LogP contribution in [-0.2, 0) is 6.42 Å². The van der Waals surface area contributed by atoms with Crippen LogP contribution in [0.1, 0.15) is 25.0 Å². The topological polar surface area (TPSA) is 107 Å². The van der Waals surface area contributed by atoms with Crippen molar-refractivity contribution in [1.29, 1.82) is 0 Å². The minimum absolute atomic E-state index is 0.313. The van der Waals surface area contributed by atoms with E-state index >= 15 is 0 Å². The monoisotopic (exact) mass is 438 g/mol. The molecule has 1 aromatic heterocycles. The molecule has 1 heterocycles. The fourth-order valence-corrected chi connectivity index (χ4v) is 3.29. The van der Waals surface area contributed by atoms with Crippen LogP contribution in [0.5, 0.6) is 28.9 Å². The summed E-state index contributed by atoms with van der Waals surface area (Å²) >= 11 is 0. The molecule has 0 spiro atoms. The van der Waals surface area contributed by atoms with Crippen LogP contribution in [-0.4, -0.2) is 42.2 Å². The first-order valence-corrected chi connectivity index (χ1v) is 9.92. The maximum absolute atomic E-state index is 9.16. The smallest absolute Gasteiger partial charge is 0.239 e. The summed E-state index contributed by atoms with van der Waals surface area (Å²) in [7, 11) is 4.66. The van der Waals surface area contributed by atoms with Crippen LogP contribution in [0.25, 0.3) is 0 Å². The molecule has 3 aromatic rings. The molecule has 0 fully saturated rings. The summed E-state index contributed by atoms with van der Waals surface area (Å²) in [6.45, 7) is 3.74. The molecule has 0 aliphatic carbocycles. The van der Waals surface area contributed by atoms with Crippen LogP contribution in [0, 0.1) is 0 Å².